The average Bonchev–Trinajstić information content (AvgIpc) is 3.12. The van der Waals surface area contributed by atoms with Crippen molar-refractivity contribution < 1.29 is 23.8 Å². The van der Waals surface area contributed by atoms with E-state index in [0.717, 1.165) is 24.2 Å². The molecule has 7 nitrogen and oxygen atoms in total. The zero-order valence-corrected chi connectivity index (χ0v) is 23.0. The van der Waals surface area contributed by atoms with Crippen LogP contribution in [0.15, 0.2) is 23.1 Å². The summed E-state index contributed by atoms with van der Waals surface area (Å²) in [6.07, 6.45) is 8.94. The van der Waals surface area contributed by atoms with Gasteiger partial charge in [0.25, 0.3) is 5.91 Å². The van der Waals surface area contributed by atoms with Crippen LogP contribution in [-0.4, -0.2) is 71.0 Å². The molecule has 2 saturated heterocycles. The van der Waals surface area contributed by atoms with Gasteiger partial charge in [0.15, 0.2) is 11.5 Å². The molecule has 0 spiro atoms. The summed E-state index contributed by atoms with van der Waals surface area (Å²) in [4.78, 5) is 29.7. The van der Waals surface area contributed by atoms with E-state index in [1.165, 1.54) is 31.0 Å². The van der Waals surface area contributed by atoms with E-state index in [1.54, 1.807) is 12.0 Å². The van der Waals surface area contributed by atoms with Crippen LogP contribution in [0.1, 0.15) is 64.4 Å². The van der Waals surface area contributed by atoms with Crippen LogP contribution in [0.4, 0.5) is 0 Å². The van der Waals surface area contributed by atoms with Gasteiger partial charge in [0, 0.05) is 26.1 Å². The minimum atomic E-state index is -0.118. The van der Waals surface area contributed by atoms with Crippen molar-refractivity contribution in [2.45, 2.75) is 77.1 Å². The summed E-state index contributed by atoms with van der Waals surface area (Å²) in [5, 5.41) is 0. The molecule has 1 saturated carbocycles. The van der Waals surface area contributed by atoms with E-state index in [1.807, 2.05) is 43.0 Å². The van der Waals surface area contributed by atoms with Crippen molar-refractivity contribution in [3.8, 4) is 11.5 Å². The van der Waals surface area contributed by atoms with E-state index in [4.69, 9.17) is 26.4 Å². The average molecular weight is 533 g/mol. The molecule has 2 atom stereocenters. The number of thioether (sulfide) groups is 1. The summed E-state index contributed by atoms with van der Waals surface area (Å²) in [5.41, 5.74) is 0.856. The molecular weight excluding hydrogens is 496 g/mol. The number of ether oxygens (including phenoxy) is 3. The van der Waals surface area contributed by atoms with E-state index in [2.05, 4.69) is 0 Å². The highest BCUT2D eigenvalue weighted by molar-refractivity contribution is 8.26. The molecule has 3 fully saturated rings. The number of rotatable bonds is 8. The molecule has 36 heavy (non-hydrogen) atoms. The molecule has 2 heterocycles. The van der Waals surface area contributed by atoms with Gasteiger partial charge in [-0.3, -0.25) is 14.5 Å². The maximum atomic E-state index is 13.0. The summed E-state index contributed by atoms with van der Waals surface area (Å²) in [5.74, 6) is 1.38. The van der Waals surface area contributed by atoms with Crippen molar-refractivity contribution >= 4 is 46.2 Å². The number of nitrogens with zero attached hydrogens (tertiary/aromatic N) is 2. The third kappa shape index (κ3) is 6.81. The fourth-order valence-corrected chi connectivity index (χ4v) is 6.31. The third-order valence-corrected chi connectivity index (χ3v) is 8.13. The largest absolute Gasteiger partial charge is 0.493 e. The Morgan fingerprint density at radius 3 is 2.58 bits per heavy atom. The van der Waals surface area contributed by atoms with Crippen LogP contribution >= 0.6 is 24.0 Å². The van der Waals surface area contributed by atoms with Crippen LogP contribution in [0.3, 0.4) is 0 Å². The number of thiocarbonyl (C=S) groups is 1. The number of carbonyl (C=O) groups is 2. The van der Waals surface area contributed by atoms with Gasteiger partial charge < -0.3 is 19.1 Å². The lowest BCUT2D eigenvalue weighted by Gasteiger charge is -2.35. The Morgan fingerprint density at radius 1 is 1.17 bits per heavy atom. The SMILES string of the molecule is COc1cc(/C=C2\SC(=S)N(CCCC(=O)N3CC(C)OC(C)C3)C2=O)ccc1OC1CCCCC1. The maximum absolute atomic E-state index is 13.0. The summed E-state index contributed by atoms with van der Waals surface area (Å²) >= 11 is 6.77. The lowest BCUT2D eigenvalue weighted by Crippen LogP contribution is -2.48. The van der Waals surface area contributed by atoms with Gasteiger partial charge in [0.05, 0.1) is 30.3 Å². The Labute approximate surface area is 223 Å². The van der Waals surface area contributed by atoms with E-state index >= 15 is 0 Å². The zero-order chi connectivity index (χ0) is 25.7. The molecule has 2 aliphatic heterocycles. The van der Waals surface area contributed by atoms with Gasteiger partial charge in [0.1, 0.15) is 4.32 Å². The first kappa shape index (κ1) is 26.9. The molecule has 2 unspecified atom stereocenters. The minimum absolute atomic E-state index is 0.0426. The Kier molecular flexibility index (Phi) is 9.30. The fraction of sp³-hybridized carbons (Fsp3) is 0.593. The lowest BCUT2D eigenvalue weighted by atomic mass is 9.98. The van der Waals surface area contributed by atoms with Crippen molar-refractivity contribution in [2.24, 2.45) is 0 Å². The number of morpholine rings is 1. The van der Waals surface area contributed by atoms with E-state index in [0.29, 0.717) is 47.5 Å². The van der Waals surface area contributed by atoms with E-state index < -0.39 is 0 Å². The topological polar surface area (TPSA) is 68.3 Å². The zero-order valence-electron chi connectivity index (χ0n) is 21.4. The maximum Gasteiger partial charge on any atom is 0.266 e. The first-order chi connectivity index (χ1) is 17.3. The molecule has 0 bridgehead atoms. The predicted molar refractivity (Wildman–Crippen MR) is 146 cm³/mol. The minimum Gasteiger partial charge on any atom is -0.493 e. The molecule has 3 aliphatic rings. The van der Waals surface area contributed by atoms with Crippen molar-refractivity contribution in [3.05, 3.63) is 28.7 Å². The molecule has 1 aromatic carbocycles. The molecule has 9 heteroatoms. The monoisotopic (exact) mass is 532 g/mol. The quantitative estimate of drug-likeness (QED) is 0.344. The van der Waals surface area contributed by atoms with Gasteiger partial charge in [0.2, 0.25) is 5.91 Å². The standard InChI is InChI=1S/C27H36N2O5S2/c1-18-16-28(17-19(2)33-18)25(30)10-7-13-29-26(31)24(36-27(29)35)15-20-11-12-22(23(14-20)32-3)34-21-8-5-4-6-9-21/h11-12,14-15,18-19,21H,4-10,13,16-17H2,1-3H3/b24-15-. The fourth-order valence-electron chi connectivity index (χ4n) is 5.01. The third-order valence-electron chi connectivity index (χ3n) is 6.75. The second kappa shape index (κ2) is 12.4. The Balaban J connectivity index is 1.33. The number of amides is 2. The van der Waals surface area contributed by atoms with Crippen LogP contribution in [0.2, 0.25) is 0 Å². The number of methoxy groups -OCH3 is 1. The summed E-state index contributed by atoms with van der Waals surface area (Å²) in [6, 6.07) is 5.75. The molecule has 0 aromatic heterocycles. The number of hydrogen-bond acceptors (Lipinski definition) is 7. The van der Waals surface area contributed by atoms with Gasteiger partial charge in [-0.25, -0.2) is 0 Å². The second-order valence-corrected chi connectivity index (χ2v) is 11.5. The molecule has 196 valence electrons. The van der Waals surface area contributed by atoms with Crippen LogP contribution < -0.4 is 9.47 Å². The van der Waals surface area contributed by atoms with Crippen LogP contribution in [0.5, 0.6) is 11.5 Å². The second-order valence-electron chi connectivity index (χ2n) is 9.78. The van der Waals surface area contributed by atoms with E-state index in [-0.39, 0.29) is 30.1 Å². The summed E-state index contributed by atoms with van der Waals surface area (Å²) in [7, 11) is 1.63. The van der Waals surface area contributed by atoms with Crippen molar-refractivity contribution in [2.75, 3.05) is 26.7 Å². The molecule has 4 rings (SSSR count). The van der Waals surface area contributed by atoms with Gasteiger partial charge in [-0.1, -0.05) is 36.5 Å². The van der Waals surface area contributed by atoms with Gasteiger partial charge >= 0.3 is 0 Å². The first-order valence-electron chi connectivity index (χ1n) is 12.9. The van der Waals surface area contributed by atoms with Crippen molar-refractivity contribution in [3.63, 3.8) is 0 Å². The Morgan fingerprint density at radius 2 is 1.89 bits per heavy atom. The van der Waals surface area contributed by atoms with Crippen LogP contribution in [0, 0.1) is 0 Å². The number of hydrogen-bond donors (Lipinski definition) is 0. The van der Waals surface area contributed by atoms with Crippen LogP contribution in [-0.2, 0) is 14.3 Å². The van der Waals surface area contributed by atoms with Crippen molar-refractivity contribution in [1.82, 2.24) is 9.80 Å². The van der Waals surface area contributed by atoms with Crippen molar-refractivity contribution in [1.29, 1.82) is 0 Å². The molecule has 1 aromatic rings. The highest BCUT2D eigenvalue weighted by Crippen LogP contribution is 2.36. The number of benzene rings is 1. The van der Waals surface area contributed by atoms with E-state index in [9.17, 15) is 9.59 Å². The highest BCUT2D eigenvalue weighted by atomic mass is 32.2. The molecular formula is C27H36N2O5S2. The molecule has 1 aliphatic carbocycles. The van der Waals surface area contributed by atoms with Crippen LogP contribution in [0.25, 0.3) is 6.08 Å². The lowest BCUT2D eigenvalue weighted by molar-refractivity contribution is -0.143. The Bertz CT molecular complexity index is 998. The first-order valence-corrected chi connectivity index (χ1v) is 14.1. The molecule has 0 radical (unpaired) electrons. The summed E-state index contributed by atoms with van der Waals surface area (Å²) < 4.78 is 18.0. The highest BCUT2D eigenvalue weighted by Gasteiger charge is 2.32. The Hall–Kier alpha value is -2.10. The molecule has 2 amide bonds. The number of carbonyl (C=O) groups excluding carboxylic acids is 2. The van der Waals surface area contributed by atoms with Gasteiger partial charge in [-0.15, -0.1) is 0 Å². The smallest absolute Gasteiger partial charge is 0.266 e. The summed E-state index contributed by atoms with van der Waals surface area (Å²) in [6.45, 7) is 5.62. The molecule has 0 N–H and O–H groups in total. The van der Waals surface area contributed by atoms with Gasteiger partial charge in [-0.2, -0.15) is 0 Å². The van der Waals surface area contributed by atoms with Gasteiger partial charge in [-0.05, 0) is 69.7 Å². The normalized spacial score (nSPS) is 24.5. The predicted octanol–water partition coefficient (Wildman–Crippen LogP) is 5.02.